The quantitative estimate of drug-likeness (QED) is 0.769. The molecule has 1 atom stereocenters. The molecule has 0 aliphatic carbocycles. The first-order chi connectivity index (χ1) is 8.65. The van der Waals surface area contributed by atoms with E-state index >= 15 is 0 Å². The van der Waals surface area contributed by atoms with Crippen molar-refractivity contribution in [3.8, 4) is 11.5 Å². The highest BCUT2D eigenvalue weighted by molar-refractivity contribution is 5.84. The van der Waals surface area contributed by atoms with Crippen molar-refractivity contribution in [2.75, 3.05) is 13.2 Å². The predicted molar refractivity (Wildman–Crippen MR) is 62.0 cm³/mol. The first-order valence-electron chi connectivity index (χ1n) is 5.51. The van der Waals surface area contributed by atoms with Crippen molar-refractivity contribution in [3.63, 3.8) is 0 Å². The third-order valence-corrected chi connectivity index (χ3v) is 2.68. The summed E-state index contributed by atoms with van der Waals surface area (Å²) >= 11 is 0. The van der Waals surface area contributed by atoms with E-state index in [0.29, 0.717) is 37.0 Å². The number of carboxylic acids is 1. The van der Waals surface area contributed by atoms with E-state index in [-0.39, 0.29) is 11.5 Å². The van der Waals surface area contributed by atoms with Gasteiger partial charge in [-0.2, -0.15) is 0 Å². The highest BCUT2D eigenvalue weighted by Gasteiger charge is 2.25. The normalized spacial score (nSPS) is 15.6. The molecule has 2 rings (SSSR count). The summed E-state index contributed by atoms with van der Waals surface area (Å²) in [4.78, 5) is 21.9. The summed E-state index contributed by atoms with van der Waals surface area (Å²) in [5.41, 5.74) is 6.22. The lowest BCUT2D eigenvalue weighted by molar-refractivity contribution is -0.138. The molecule has 6 nitrogen and oxygen atoms in total. The highest BCUT2D eigenvalue weighted by atomic mass is 16.5. The maximum atomic E-state index is 10.9. The number of hydrogen-bond acceptors (Lipinski definition) is 5. The Hall–Kier alpha value is -2.08. The average Bonchev–Trinajstić information content (AvgIpc) is 2.62. The van der Waals surface area contributed by atoms with Gasteiger partial charge in [0.15, 0.2) is 17.8 Å². The Balaban J connectivity index is 2.55. The van der Waals surface area contributed by atoms with Crippen molar-refractivity contribution in [2.24, 2.45) is 5.73 Å². The number of aldehydes is 1. The zero-order chi connectivity index (χ0) is 13.1. The molecular formula is C12H13NO5. The summed E-state index contributed by atoms with van der Waals surface area (Å²) < 4.78 is 10.9. The summed E-state index contributed by atoms with van der Waals surface area (Å²) in [7, 11) is 0. The summed E-state index contributed by atoms with van der Waals surface area (Å²) in [5, 5.41) is 8.94. The van der Waals surface area contributed by atoms with Crippen LogP contribution in [0.2, 0.25) is 0 Å². The molecule has 0 aromatic heterocycles. The zero-order valence-corrected chi connectivity index (χ0v) is 9.59. The molecule has 0 spiro atoms. The molecule has 6 heteroatoms. The molecule has 1 unspecified atom stereocenters. The number of benzene rings is 1. The zero-order valence-electron chi connectivity index (χ0n) is 9.59. The molecular weight excluding hydrogens is 238 g/mol. The van der Waals surface area contributed by atoms with Crippen molar-refractivity contribution in [1.82, 2.24) is 0 Å². The van der Waals surface area contributed by atoms with Crippen molar-refractivity contribution in [1.29, 1.82) is 0 Å². The highest BCUT2D eigenvalue weighted by Crippen LogP contribution is 2.38. The number of fused-ring (bicyclic) bond motifs is 1. The van der Waals surface area contributed by atoms with Gasteiger partial charge in [-0.3, -0.25) is 9.59 Å². The predicted octanol–water partition coefficient (Wildman–Crippen LogP) is 0.745. The smallest absolute Gasteiger partial charge is 0.325 e. The van der Waals surface area contributed by atoms with E-state index in [2.05, 4.69) is 0 Å². The van der Waals surface area contributed by atoms with Crippen molar-refractivity contribution >= 4 is 12.3 Å². The van der Waals surface area contributed by atoms with E-state index in [1.165, 1.54) is 12.1 Å². The molecule has 18 heavy (non-hydrogen) atoms. The monoisotopic (exact) mass is 251 g/mol. The summed E-state index contributed by atoms with van der Waals surface area (Å²) in [5.74, 6) is -0.632. The Morgan fingerprint density at radius 2 is 2.00 bits per heavy atom. The fraction of sp³-hybridized carbons (Fsp3) is 0.333. The van der Waals surface area contributed by atoms with Crippen LogP contribution >= 0.6 is 0 Å². The first kappa shape index (κ1) is 12.4. The minimum Gasteiger partial charge on any atom is -0.489 e. The van der Waals surface area contributed by atoms with E-state index in [4.69, 9.17) is 20.3 Å². The topological polar surface area (TPSA) is 98.9 Å². The molecule has 0 bridgehead atoms. The third kappa shape index (κ3) is 2.14. The van der Waals surface area contributed by atoms with Gasteiger partial charge in [-0.1, -0.05) is 6.07 Å². The molecule has 0 saturated carbocycles. The van der Waals surface area contributed by atoms with Gasteiger partial charge < -0.3 is 20.3 Å². The van der Waals surface area contributed by atoms with Crippen molar-refractivity contribution in [2.45, 2.75) is 12.5 Å². The number of carboxylic acid groups (broad SMARTS) is 1. The first-order valence-corrected chi connectivity index (χ1v) is 5.51. The number of carbonyl (C=O) groups excluding carboxylic acids is 1. The minimum absolute atomic E-state index is 0.256. The number of aliphatic carboxylic acids is 1. The Kier molecular flexibility index (Phi) is 3.47. The molecule has 1 aliphatic heterocycles. The SMILES string of the molecule is NC(C(=O)O)c1ccc(C=O)c2c1OCCCO2. The molecule has 0 saturated heterocycles. The second-order valence-corrected chi connectivity index (χ2v) is 3.89. The van der Waals surface area contributed by atoms with E-state index in [1.807, 2.05) is 0 Å². The fourth-order valence-electron chi connectivity index (χ4n) is 1.77. The number of rotatable bonds is 3. The van der Waals surface area contributed by atoms with Crippen LogP contribution in [0.4, 0.5) is 0 Å². The Bertz CT molecular complexity index is 486. The maximum absolute atomic E-state index is 10.9. The van der Waals surface area contributed by atoms with Crippen molar-refractivity contribution < 1.29 is 24.2 Å². The van der Waals surface area contributed by atoms with Gasteiger partial charge in [0.05, 0.1) is 18.8 Å². The van der Waals surface area contributed by atoms with Crippen molar-refractivity contribution in [3.05, 3.63) is 23.3 Å². The van der Waals surface area contributed by atoms with Crippen LogP contribution in [0.1, 0.15) is 28.4 Å². The van der Waals surface area contributed by atoms with E-state index < -0.39 is 12.0 Å². The largest absolute Gasteiger partial charge is 0.489 e. The van der Waals surface area contributed by atoms with Crippen LogP contribution in [-0.4, -0.2) is 30.6 Å². The average molecular weight is 251 g/mol. The van der Waals surface area contributed by atoms with E-state index in [0.717, 1.165) is 0 Å². The lowest BCUT2D eigenvalue weighted by atomic mass is 10.0. The maximum Gasteiger partial charge on any atom is 0.325 e. The van der Waals surface area contributed by atoms with Crippen LogP contribution in [0, 0.1) is 0 Å². The second-order valence-electron chi connectivity index (χ2n) is 3.89. The number of ether oxygens (including phenoxy) is 2. The van der Waals surface area contributed by atoms with Gasteiger partial charge in [0.25, 0.3) is 0 Å². The number of nitrogens with two attached hydrogens (primary N) is 1. The lowest BCUT2D eigenvalue weighted by Gasteiger charge is -2.16. The molecule has 1 heterocycles. The van der Waals surface area contributed by atoms with Crippen LogP contribution in [0.5, 0.6) is 11.5 Å². The number of carbonyl (C=O) groups is 2. The van der Waals surface area contributed by atoms with Gasteiger partial charge >= 0.3 is 5.97 Å². The Morgan fingerprint density at radius 1 is 1.33 bits per heavy atom. The Labute approximate surface area is 103 Å². The molecule has 0 radical (unpaired) electrons. The third-order valence-electron chi connectivity index (χ3n) is 2.68. The van der Waals surface area contributed by atoms with Crippen LogP contribution < -0.4 is 15.2 Å². The molecule has 1 aromatic rings. The lowest BCUT2D eigenvalue weighted by Crippen LogP contribution is -2.21. The van der Waals surface area contributed by atoms with E-state index in [1.54, 1.807) is 0 Å². The van der Waals surface area contributed by atoms with Gasteiger partial charge in [-0.15, -0.1) is 0 Å². The molecule has 1 aliphatic rings. The standard InChI is InChI=1S/C12H13NO5/c13-9(12(15)16)8-3-2-7(6-14)10-11(8)18-5-1-4-17-10/h2-3,6,9H,1,4-5,13H2,(H,15,16). The van der Waals surface area contributed by atoms with Gasteiger partial charge in [-0.05, 0) is 6.07 Å². The van der Waals surface area contributed by atoms with Crippen LogP contribution in [0.25, 0.3) is 0 Å². The fourth-order valence-corrected chi connectivity index (χ4v) is 1.77. The van der Waals surface area contributed by atoms with Crippen LogP contribution in [0.3, 0.4) is 0 Å². The number of hydrogen-bond donors (Lipinski definition) is 2. The second kappa shape index (κ2) is 5.05. The molecule has 0 fully saturated rings. The van der Waals surface area contributed by atoms with Gasteiger partial charge in [0.1, 0.15) is 6.04 Å². The minimum atomic E-state index is -1.21. The molecule has 96 valence electrons. The van der Waals surface area contributed by atoms with Crippen LogP contribution in [0.15, 0.2) is 12.1 Å². The molecule has 0 amide bonds. The summed E-state index contributed by atoms with van der Waals surface area (Å²) in [6.45, 7) is 0.814. The molecule has 1 aromatic carbocycles. The summed E-state index contributed by atoms with van der Waals surface area (Å²) in [6, 6.07) is 1.76. The summed E-state index contributed by atoms with van der Waals surface area (Å²) in [6.07, 6.45) is 1.30. The molecule has 3 N–H and O–H groups in total. The van der Waals surface area contributed by atoms with Gasteiger partial charge in [0.2, 0.25) is 0 Å². The van der Waals surface area contributed by atoms with E-state index in [9.17, 15) is 9.59 Å². The van der Waals surface area contributed by atoms with Gasteiger partial charge in [-0.25, -0.2) is 0 Å². The Morgan fingerprint density at radius 3 is 2.61 bits per heavy atom. The van der Waals surface area contributed by atoms with Crippen LogP contribution in [-0.2, 0) is 4.79 Å². The van der Waals surface area contributed by atoms with Gasteiger partial charge in [0, 0.05) is 12.0 Å².